The SMILES string of the molecule is O=C(NC1CCCCCC1)C1CCN(Cc2cc3ccccc3n2Cc2cccc(Cl)c2)CC1. The molecule has 0 bridgehead atoms. The third-order valence-electron chi connectivity index (χ3n) is 7.67. The smallest absolute Gasteiger partial charge is 0.223 e. The van der Waals surface area contributed by atoms with Gasteiger partial charge in [0.1, 0.15) is 0 Å². The third kappa shape index (κ3) is 5.67. The summed E-state index contributed by atoms with van der Waals surface area (Å²) in [6, 6.07) is 19.5. The van der Waals surface area contributed by atoms with Crippen LogP contribution in [0.25, 0.3) is 10.9 Å². The van der Waals surface area contributed by atoms with Crippen LogP contribution in [-0.4, -0.2) is 34.5 Å². The molecule has 2 aromatic carbocycles. The summed E-state index contributed by atoms with van der Waals surface area (Å²) in [5, 5.41) is 5.43. The van der Waals surface area contributed by atoms with E-state index in [1.807, 2.05) is 12.1 Å². The zero-order valence-corrected chi connectivity index (χ0v) is 20.8. The molecule has 2 heterocycles. The summed E-state index contributed by atoms with van der Waals surface area (Å²) in [7, 11) is 0. The lowest BCUT2D eigenvalue weighted by Crippen LogP contribution is -2.43. The van der Waals surface area contributed by atoms with E-state index >= 15 is 0 Å². The summed E-state index contributed by atoms with van der Waals surface area (Å²) in [5.74, 6) is 0.457. The zero-order chi connectivity index (χ0) is 23.3. The highest BCUT2D eigenvalue weighted by atomic mass is 35.5. The van der Waals surface area contributed by atoms with E-state index in [-0.39, 0.29) is 5.92 Å². The number of fused-ring (bicyclic) bond motifs is 1. The Morgan fingerprint density at radius 3 is 2.41 bits per heavy atom. The van der Waals surface area contributed by atoms with Crippen molar-refractivity contribution in [2.75, 3.05) is 13.1 Å². The van der Waals surface area contributed by atoms with Gasteiger partial charge in [-0.05, 0) is 74.0 Å². The number of hydrogen-bond donors (Lipinski definition) is 1. The molecule has 4 nitrogen and oxygen atoms in total. The number of amides is 1. The Morgan fingerprint density at radius 2 is 1.65 bits per heavy atom. The predicted molar refractivity (Wildman–Crippen MR) is 140 cm³/mol. The summed E-state index contributed by atoms with van der Waals surface area (Å²) in [6.07, 6.45) is 9.36. The molecule has 1 aliphatic carbocycles. The number of aromatic nitrogens is 1. The maximum atomic E-state index is 12.9. The molecule has 2 fully saturated rings. The molecule has 0 spiro atoms. The molecule has 34 heavy (non-hydrogen) atoms. The third-order valence-corrected chi connectivity index (χ3v) is 7.91. The van der Waals surface area contributed by atoms with Crippen LogP contribution in [0.1, 0.15) is 62.6 Å². The van der Waals surface area contributed by atoms with Crippen LogP contribution in [0.5, 0.6) is 0 Å². The molecular weight excluding hydrogens is 442 g/mol. The second kappa shape index (κ2) is 11.0. The second-order valence-corrected chi connectivity index (χ2v) is 10.6. The van der Waals surface area contributed by atoms with Crippen molar-refractivity contribution in [2.45, 2.75) is 70.5 Å². The quantitative estimate of drug-likeness (QED) is 0.417. The van der Waals surface area contributed by atoms with E-state index in [0.717, 1.165) is 56.9 Å². The summed E-state index contributed by atoms with van der Waals surface area (Å²) < 4.78 is 2.42. The van der Waals surface area contributed by atoms with Crippen molar-refractivity contribution in [3.8, 4) is 0 Å². The Hall–Kier alpha value is -2.30. The number of hydrogen-bond acceptors (Lipinski definition) is 2. The number of rotatable bonds is 6. The lowest BCUT2D eigenvalue weighted by atomic mass is 9.95. The van der Waals surface area contributed by atoms with Crippen molar-refractivity contribution < 1.29 is 4.79 Å². The molecule has 5 rings (SSSR count). The van der Waals surface area contributed by atoms with E-state index in [9.17, 15) is 4.79 Å². The number of nitrogens with zero attached hydrogens (tertiary/aromatic N) is 2. The molecule has 5 heteroatoms. The molecule has 1 saturated carbocycles. The molecule has 0 radical (unpaired) electrons. The average Bonchev–Trinajstić information content (AvgIpc) is 2.99. The normalized spacial score (nSPS) is 18.7. The Balaban J connectivity index is 1.23. The predicted octanol–water partition coefficient (Wildman–Crippen LogP) is 6.39. The molecule has 1 aliphatic heterocycles. The first-order valence-electron chi connectivity index (χ1n) is 13.0. The van der Waals surface area contributed by atoms with Crippen LogP contribution in [-0.2, 0) is 17.9 Å². The Kier molecular flexibility index (Phi) is 7.56. The van der Waals surface area contributed by atoms with Crippen molar-refractivity contribution in [2.24, 2.45) is 5.92 Å². The van der Waals surface area contributed by atoms with E-state index in [0.29, 0.717) is 11.9 Å². The van der Waals surface area contributed by atoms with Crippen LogP contribution in [0.2, 0.25) is 5.02 Å². The summed E-state index contributed by atoms with van der Waals surface area (Å²) in [5.41, 5.74) is 3.79. The standard InChI is InChI=1S/C29H36ClN3O/c30-25-10-7-8-22(18-25)20-33-27(19-24-9-5-6-13-28(24)33)21-32-16-14-23(15-17-32)29(34)31-26-11-3-1-2-4-12-26/h5-10,13,18-19,23,26H,1-4,11-12,14-17,20-21H2,(H,31,34). The van der Waals surface area contributed by atoms with Crippen molar-refractivity contribution in [3.63, 3.8) is 0 Å². The first-order chi connectivity index (χ1) is 16.7. The van der Waals surface area contributed by atoms with Crippen molar-refractivity contribution in [1.82, 2.24) is 14.8 Å². The molecule has 0 unspecified atom stereocenters. The minimum atomic E-state index is 0.164. The van der Waals surface area contributed by atoms with Gasteiger partial charge >= 0.3 is 0 Å². The number of benzene rings is 2. The summed E-state index contributed by atoms with van der Waals surface area (Å²) >= 11 is 6.26. The number of likely N-dealkylation sites (tertiary alicyclic amines) is 1. The van der Waals surface area contributed by atoms with Gasteiger partial charge in [0.2, 0.25) is 5.91 Å². The Labute approximate surface area is 208 Å². The molecule has 0 atom stereocenters. The first kappa shape index (κ1) is 23.4. The molecular formula is C29H36ClN3O. The molecule has 1 N–H and O–H groups in total. The molecule has 1 aromatic heterocycles. The van der Waals surface area contributed by atoms with Gasteiger partial charge in [-0.1, -0.05) is 67.6 Å². The van der Waals surface area contributed by atoms with Gasteiger partial charge in [-0.15, -0.1) is 0 Å². The van der Waals surface area contributed by atoms with Crippen molar-refractivity contribution in [3.05, 3.63) is 70.9 Å². The fourth-order valence-electron chi connectivity index (χ4n) is 5.73. The first-order valence-corrected chi connectivity index (χ1v) is 13.4. The Morgan fingerprint density at radius 1 is 0.882 bits per heavy atom. The van der Waals surface area contributed by atoms with Gasteiger partial charge in [0.05, 0.1) is 0 Å². The lowest BCUT2D eigenvalue weighted by molar-refractivity contribution is -0.127. The van der Waals surface area contributed by atoms with E-state index in [2.05, 4.69) is 57.2 Å². The molecule has 3 aromatic rings. The zero-order valence-electron chi connectivity index (χ0n) is 20.0. The number of carbonyl (C=O) groups excluding carboxylic acids is 1. The van der Waals surface area contributed by atoms with Gasteiger partial charge in [0.15, 0.2) is 0 Å². The number of carbonyl (C=O) groups is 1. The lowest BCUT2D eigenvalue weighted by Gasteiger charge is -2.32. The molecule has 180 valence electrons. The maximum absolute atomic E-state index is 12.9. The van der Waals surface area contributed by atoms with Crippen LogP contribution >= 0.6 is 11.6 Å². The fraction of sp³-hybridized carbons (Fsp3) is 0.483. The Bertz CT molecular complexity index is 1110. The van der Waals surface area contributed by atoms with E-state index in [1.165, 1.54) is 47.8 Å². The molecule has 1 saturated heterocycles. The van der Waals surface area contributed by atoms with Crippen molar-refractivity contribution >= 4 is 28.4 Å². The highest BCUT2D eigenvalue weighted by molar-refractivity contribution is 6.30. The van der Waals surface area contributed by atoms with Crippen LogP contribution in [0.4, 0.5) is 0 Å². The topological polar surface area (TPSA) is 37.3 Å². The number of halogens is 1. The van der Waals surface area contributed by atoms with Crippen LogP contribution in [0.15, 0.2) is 54.6 Å². The molecule has 1 amide bonds. The number of piperidine rings is 1. The molecule has 2 aliphatic rings. The largest absolute Gasteiger partial charge is 0.353 e. The summed E-state index contributed by atoms with van der Waals surface area (Å²) in [4.78, 5) is 15.4. The highest BCUT2D eigenvalue weighted by Crippen LogP contribution is 2.26. The van der Waals surface area contributed by atoms with Crippen LogP contribution in [0.3, 0.4) is 0 Å². The fourth-order valence-corrected chi connectivity index (χ4v) is 5.94. The van der Waals surface area contributed by atoms with E-state index in [4.69, 9.17) is 11.6 Å². The van der Waals surface area contributed by atoms with Crippen molar-refractivity contribution in [1.29, 1.82) is 0 Å². The van der Waals surface area contributed by atoms with Crippen LogP contribution in [0, 0.1) is 5.92 Å². The monoisotopic (exact) mass is 477 g/mol. The van der Waals surface area contributed by atoms with E-state index < -0.39 is 0 Å². The maximum Gasteiger partial charge on any atom is 0.223 e. The highest BCUT2D eigenvalue weighted by Gasteiger charge is 2.27. The van der Waals surface area contributed by atoms with Gasteiger partial charge in [0.25, 0.3) is 0 Å². The van der Waals surface area contributed by atoms with Gasteiger partial charge < -0.3 is 9.88 Å². The number of nitrogens with one attached hydrogen (secondary N) is 1. The average molecular weight is 478 g/mol. The minimum absolute atomic E-state index is 0.164. The summed E-state index contributed by atoms with van der Waals surface area (Å²) in [6.45, 7) is 3.67. The van der Waals surface area contributed by atoms with Gasteiger partial charge in [-0.2, -0.15) is 0 Å². The van der Waals surface area contributed by atoms with Crippen LogP contribution < -0.4 is 5.32 Å². The van der Waals surface area contributed by atoms with Gasteiger partial charge in [-0.3, -0.25) is 9.69 Å². The second-order valence-electron chi connectivity index (χ2n) is 10.2. The van der Waals surface area contributed by atoms with Gasteiger partial charge in [0, 0.05) is 41.3 Å². The number of para-hydroxylation sites is 1. The van der Waals surface area contributed by atoms with E-state index in [1.54, 1.807) is 0 Å². The van der Waals surface area contributed by atoms with Gasteiger partial charge in [-0.25, -0.2) is 0 Å². The minimum Gasteiger partial charge on any atom is -0.353 e.